The van der Waals surface area contributed by atoms with Gasteiger partial charge in [0.1, 0.15) is 23.4 Å². The first kappa shape index (κ1) is 23.5. The van der Waals surface area contributed by atoms with Crippen LogP contribution in [0.4, 0.5) is 4.79 Å². The standard InChI is InChI=1S/C23H39NO6/c1-14(2)8-9-18-22(5,30-18)20-19(27-7)17(10-11-23(20)13-28-23)29-21(25)24-16(12-26-6)15(3)4/h8,15-20H,9-13H2,1-7H3,(H,24,25)/t16-,17+,18+,19+,20+,22-,23-/m0/s1. The molecule has 0 aromatic carbocycles. The van der Waals surface area contributed by atoms with Crippen LogP contribution in [0.2, 0.25) is 0 Å². The lowest BCUT2D eigenvalue weighted by atomic mass is 9.68. The summed E-state index contributed by atoms with van der Waals surface area (Å²) < 4.78 is 29.2. The predicted octanol–water partition coefficient (Wildman–Crippen LogP) is 3.46. The summed E-state index contributed by atoms with van der Waals surface area (Å²) in [6, 6.07) is -0.0984. The number of rotatable bonds is 9. The van der Waals surface area contributed by atoms with Crippen molar-refractivity contribution in [2.24, 2.45) is 11.8 Å². The molecule has 7 heteroatoms. The fourth-order valence-corrected chi connectivity index (χ4v) is 4.97. The van der Waals surface area contributed by atoms with E-state index in [2.05, 4.69) is 32.2 Å². The summed E-state index contributed by atoms with van der Waals surface area (Å²) >= 11 is 0. The van der Waals surface area contributed by atoms with Crippen molar-refractivity contribution in [2.75, 3.05) is 27.4 Å². The third-order valence-corrected chi connectivity index (χ3v) is 6.95. The highest BCUT2D eigenvalue weighted by atomic mass is 16.6. The molecule has 1 amide bonds. The molecule has 0 unspecified atom stereocenters. The number of carbonyl (C=O) groups excluding carboxylic acids is 1. The first-order chi connectivity index (χ1) is 14.2. The van der Waals surface area contributed by atoms with E-state index < -0.39 is 6.09 Å². The minimum atomic E-state index is -0.424. The molecule has 7 nitrogen and oxygen atoms in total. The smallest absolute Gasteiger partial charge is 0.407 e. The third-order valence-electron chi connectivity index (χ3n) is 6.95. The van der Waals surface area contributed by atoms with Crippen LogP contribution in [-0.4, -0.2) is 69.1 Å². The van der Waals surface area contributed by atoms with Crippen molar-refractivity contribution in [3.8, 4) is 0 Å². The van der Waals surface area contributed by atoms with Crippen LogP contribution in [0.1, 0.15) is 53.9 Å². The van der Waals surface area contributed by atoms with Crippen molar-refractivity contribution in [1.82, 2.24) is 5.32 Å². The Balaban J connectivity index is 1.69. The van der Waals surface area contributed by atoms with E-state index in [0.29, 0.717) is 19.6 Å². The van der Waals surface area contributed by atoms with Crippen LogP contribution in [0.15, 0.2) is 11.6 Å². The molecule has 0 bridgehead atoms. The van der Waals surface area contributed by atoms with Gasteiger partial charge >= 0.3 is 6.09 Å². The van der Waals surface area contributed by atoms with Crippen LogP contribution < -0.4 is 5.32 Å². The highest BCUT2D eigenvalue weighted by Gasteiger charge is 2.72. The quantitative estimate of drug-likeness (QED) is 0.450. The number of allylic oxidation sites excluding steroid dienone is 1. The third kappa shape index (κ3) is 4.85. The Morgan fingerprint density at radius 1 is 1.30 bits per heavy atom. The monoisotopic (exact) mass is 425 g/mol. The minimum Gasteiger partial charge on any atom is -0.443 e. The number of carbonyl (C=O) groups is 1. The van der Waals surface area contributed by atoms with Crippen molar-refractivity contribution in [2.45, 2.75) is 89.4 Å². The summed E-state index contributed by atoms with van der Waals surface area (Å²) in [6.45, 7) is 11.6. The molecule has 30 heavy (non-hydrogen) atoms. The van der Waals surface area contributed by atoms with Crippen LogP contribution >= 0.6 is 0 Å². The molecule has 1 N–H and O–H groups in total. The van der Waals surface area contributed by atoms with Gasteiger partial charge in [-0.3, -0.25) is 0 Å². The first-order valence-electron chi connectivity index (χ1n) is 11.1. The Hall–Kier alpha value is -1.15. The van der Waals surface area contributed by atoms with E-state index in [1.54, 1.807) is 14.2 Å². The fraction of sp³-hybridized carbons (Fsp3) is 0.870. The number of hydrogen-bond acceptors (Lipinski definition) is 6. The molecular formula is C23H39NO6. The maximum Gasteiger partial charge on any atom is 0.407 e. The van der Waals surface area contributed by atoms with Crippen molar-refractivity contribution in [3.05, 3.63) is 11.6 Å². The Bertz CT molecular complexity index is 642. The van der Waals surface area contributed by atoms with Crippen LogP contribution in [0.3, 0.4) is 0 Å². The van der Waals surface area contributed by atoms with Gasteiger partial charge in [-0.2, -0.15) is 0 Å². The molecular weight excluding hydrogens is 386 g/mol. The lowest BCUT2D eigenvalue weighted by Crippen LogP contribution is -2.56. The Kier molecular flexibility index (Phi) is 7.17. The molecule has 2 saturated heterocycles. The zero-order chi connectivity index (χ0) is 22.1. The lowest BCUT2D eigenvalue weighted by molar-refractivity contribution is -0.118. The minimum absolute atomic E-state index is 0.0250. The van der Waals surface area contributed by atoms with Crippen molar-refractivity contribution < 1.29 is 28.5 Å². The van der Waals surface area contributed by atoms with E-state index in [0.717, 1.165) is 12.8 Å². The number of amides is 1. The van der Waals surface area contributed by atoms with Crippen LogP contribution in [0, 0.1) is 11.8 Å². The van der Waals surface area contributed by atoms with E-state index in [1.807, 2.05) is 13.8 Å². The maximum atomic E-state index is 12.6. The topological polar surface area (TPSA) is 81.9 Å². The first-order valence-corrected chi connectivity index (χ1v) is 11.1. The Morgan fingerprint density at radius 3 is 2.53 bits per heavy atom. The largest absolute Gasteiger partial charge is 0.443 e. The number of alkyl carbamates (subject to hydrolysis) is 1. The average Bonchev–Trinajstić information content (AvgIpc) is 3.58. The molecule has 1 spiro atoms. The molecule has 1 aliphatic carbocycles. The average molecular weight is 426 g/mol. The summed E-state index contributed by atoms with van der Waals surface area (Å²) in [6.07, 6.45) is 3.75. The van der Waals surface area contributed by atoms with E-state index >= 15 is 0 Å². The molecule has 0 aromatic rings. The summed E-state index contributed by atoms with van der Waals surface area (Å²) in [5.74, 6) is 0.268. The predicted molar refractivity (Wildman–Crippen MR) is 113 cm³/mol. The molecule has 172 valence electrons. The summed E-state index contributed by atoms with van der Waals surface area (Å²) in [7, 11) is 3.32. The van der Waals surface area contributed by atoms with E-state index in [-0.39, 0.29) is 47.4 Å². The van der Waals surface area contributed by atoms with Crippen LogP contribution in [0.5, 0.6) is 0 Å². The molecule has 7 atom stereocenters. The highest BCUT2D eigenvalue weighted by Crippen LogP contribution is 2.59. The van der Waals surface area contributed by atoms with Gasteiger partial charge in [0.15, 0.2) is 0 Å². The molecule has 3 fully saturated rings. The van der Waals surface area contributed by atoms with Gasteiger partial charge in [-0.1, -0.05) is 25.5 Å². The number of ether oxygens (including phenoxy) is 5. The van der Waals surface area contributed by atoms with Gasteiger partial charge in [0.05, 0.1) is 31.3 Å². The molecule has 2 aliphatic heterocycles. The van der Waals surface area contributed by atoms with Crippen molar-refractivity contribution in [3.63, 3.8) is 0 Å². The number of nitrogens with one attached hydrogen (secondary N) is 1. The summed E-state index contributed by atoms with van der Waals surface area (Å²) in [5.41, 5.74) is 0.728. The molecule has 2 heterocycles. The summed E-state index contributed by atoms with van der Waals surface area (Å²) in [5, 5.41) is 2.94. The zero-order valence-corrected chi connectivity index (χ0v) is 19.5. The fourth-order valence-electron chi connectivity index (χ4n) is 4.97. The highest BCUT2D eigenvalue weighted by molar-refractivity contribution is 5.68. The zero-order valence-electron chi connectivity index (χ0n) is 19.5. The summed E-state index contributed by atoms with van der Waals surface area (Å²) in [4.78, 5) is 12.6. The van der Waals surface area contributed by atoms with E-state index in [9.17, 15) is 4.79 Å². The second-order valence-corrected chi connectivity index (χ2v) is 9.77. The van der Waals surface area contributed by atoms with Crippen LogP contribution in [-0.2, 0) is 23.7 Å². The second kappa shape index (κ2) is 9.15. The van der Waals surface area contributed by atoms with Crippen molar-refractivity contribution in [1.29, 1.82) is 0 Å². The van der Waals surface area contributed by atoms with Gasteiger partial charge in [0, 0.05) is 14.2 Å². The molecule has 0 radical (unpaired) electrons. The van der Waals surface area contributed by atoms with Gasteiger partial charge in [-0.05, 0) is 46.0 Å². The van der Waals surface area contributed by atoms with Gasteiger partial charge in [-0.25, -0.2) is 4.79 Å². The lowest BCUT2D eigenvalue weighted by Gasteiger charge is -2.42. The Labute approximate surface area is 180 Å². The SMILES string of the molecule is COC[C@H](NC(=O)O[C@@H]1CC[C@]2(CO2)[C@@H]([C@@]2(C)O[C@@H]2CC=C(C)C)[C@@H]1OC)C(C)C. The number of epoxide rings is 2. The number of hydrogen-bond donors (Lipinski definition) is 1. The molecule has 1 saturated carbocycles. The molecule has 3 aliphatic rings. The van der Waals surface area contributed by atoms with Crippen LogP contribution in [0.25, 0.3) is 0 Å². The maximum absolute atomic E-state index is 12.6. The van der Waals surface area contributed by atoms with Gasteiger partial charge in [0.25, 0.3) is 0 Å². The molecule has 3 rings (SSSR count). The van der Waals surface area contributed by atoms with Gasteiger partial charge < -0.3 is 29.0 Å². The van der Waals surface area contributed by atoms with E-state index in [1.165, 1.54) is 5.57 Å². The molecule has 0 aromatic heterocycles. The van der Waals surface area contributed by atoms with Crippen molar-refractivity contribution >= 4 is 6.09 Å². The number of methoxy groups -OCH3 is 2. The van der Waals surface area contributed by atoms with Gasteiger partial charge in [0.2, 0.25) is 0 Å². The Morgan fingerprint density at radius 2 is 2.00 bits per heavy atom. The second-order valence-electron chi connectivity index (χ2n) is 9.77. The normalized spacial score (nSPS) is 38.3. The van der Waals surface area contributed by atoms with E-state index in [4.69, 9.17) is 23.7 Å². The van der Waals surface area contributed by atoms with Gasteiger partial charge in [-0.15, -0.1) is 0 Å².